The zero-order valence-electron chi connectivity index (χ0n) is 13.6. The van der Waals surface area contributed by atoms with Gasteiger partial charge in [0.2, 0.25) is 0 Å². The number of nitrogens with zero attached hydrogens (tertiary/aromatic N) is 1. The molecule has 120 valence electrons. The Morgan fingerprint density at radius 3 is 2.38 bits per heavy atom. The minimum Gasteiger partial charge on any atom is -0.495 e. The largest absolute Gasteiger partial charge is 0.495 e. The summed E-state index contributed by atoms with van der Waals surface area (Å²) in [4.78, 5) is 17.1. The van der Waals surface area contributed by atoms with Crippen molar-refractivity contribution >= 4 is 11.6 Å². The minimum absolute atomic E-state index is 0.205. The number of nitrogens with one attached hydrogen (secondary N) is 1. The lowest BCUT2D eigenvalue weighted by Gasteiger charge is -2.11. The van der Waals surface area contributed by atoms with Crippen molar-refractivity contribution in [1.82, 2.24) is 4.98 Å². The summed E-state index contributed by atoms with van der Waals surface area (Å²) < 4.78 is 5.26. The molecule has 2 aromatic carbocycles. The zero-order valence-corrected chi connectivity index (χ0v) is 13.6. The van der Waals surface area contributed by atoms with Crippen molar-refractivity contribution in [2.45, 2.75) is 6.92 Å². The van der Waals surface area contributed by atoms with Crippen LogP contribution in [-0.4, -0.2) is 18.0 Å². The number of aryl methyl sites for hydroxylation is 1. The second-order valence-electron chi connectivity index (χ2n) is 5.35. The molecular formula is C20H18N2O2. The fourth-order valence-corrected chi connectivity index (χ4v) is 2.51. The van der Waals surface area contributed by atoms with Crippen LogP contribution >= 0.6 is 0 Å². The predicted molar refractivity (Wildman–Crippen MR) is 95.4 cm³/mol. The molecule has 3 aromatic rings. The van der Waals surface area contributed by atoms with Crippen molar-refractivity contribution in [3.63, 3.8) is 0 Å². The number of hydrogen-bond donors (Lipinski definition) is 1. The van der Waals surface area contributed by atoms with Gasteiger partial charge in [-0.05, 0) is 31.2 Å². The van der Waals surface area contributed by atoms with Crippen molar-refractivity contribution in [3.05, 3.63) is 78.0 Å². The lowest BCUT2D eigenvalue weighted by molar-refractivity contribution is 0.102. The van der Waals surface area contributed by atoms with Crippen molar-refractivity contribution in [2.24, 2.45) is 0 Å². The van der Waals surface area contributed by atoms with Crippen LogP contribution in [0.15, 0.2) is 66.7 Å². The average Bonchev–Trinajstić information content (AvgIpc) is 2.62. The van der Waals surface area contributed by atoms with E-state index in [0.717, 1.165) is 11.3 Å². The van der Waals surface area contributed by atoms with E-state index in [1.807, 2.05) is 55.5 Å². The number of anilines is 1. The van der Waals surface area contributed by atoms with Gasteiger partial charge in [0.05, 0.1) is 29.7 Å². The van der Waals surface area contributed by atoms with Gasteiger partial charge >= 0.3 is 0 Å². The Hall–Kier alpha value is -3.14. The first kappa shape index (κ1) is 15.7. The monoisotopic (exact) mass is 318 g/mol. The van der Waals surface area contributed by atoms with Crippen LogP contribution in [0.2, 0.25) is 0 Å². The molecule has 0 radical (unpaired) electrons. The Labute approximate surface area is 141 Å². The molecule has 3 rings (SSSR count). The van der Waals surface area contributed by atoms with E-state index in [-0.39, 0.29) is 5.91 Å². The van der Waals surface area contributed by atoms with Crippen molar-refractivity contribution in [2.75, 3.05) is 12.4 Å². The van der Waals surface area contributed by atoms with Gasteiger partial charge in [-0.25, -0.2) is 0 Å². The number of ether oxygens (including phenoxy) is 1. The van der Waals surface area contributed by atoms with Crippen LogP contribution in [0.1, 0.15) is 16.1 Å². The van der Waals surface area contributed by atoms with E-state index in [0.29, 0.717) is 22.7 Å². The van der Waals surface area contributed by atoms with E-state index in [4.69, 9.17) is 4.74 Å². The lowest BCUT2D eigenvalue weighted by Crippen LogP contribution is -2.14. The fourth-order valence-electron chi connectivity index (χ4n) is 2.51. The molecular weight excluding hydrogens is 300 g/mol. The van der Waals surface area contributed by atoms with Gasteiger partial charge in [0.15, 0.2) is 0 Å². The maximum atomic E-state index is 12.5. The Kier molecular flexibility index (Phi) is 4.57. The summed E-state index contributed by atoms with van der Waals surface area (Å²) in [6.45, 7) is 1.84. The summed E-state index contributed by atoms with van der Waals surface area (Å²) in [5.74, 6) is 0.418. The number of amides is 1. The summed E-state index contributed by atoms with van der Waals surface area (Å²) in [7, 11) is 1.58. The number of rotatable bonds is 4. The third kappa shape index (κ3) is 3.27. The number of hydrogen-bond acceptors (Lipinski definition) is 3. The molecule has 4 heteroatoms. The number of pyridine rings is 1. The van der Waals surface area contributed by atoms with Crippen LogP contribution in [0, 0.1) is 6.92 Å². The molecule has 0 atom stereocenters. The number of aromatic nitrogens is 1. The number of carbonyl (C=O) groups is 1. The average molecular weight is 318 g/mol. The highest BCUT2D eigenvalue weighted by Crippen LogP contribution is 2.24. The van der Waals surface area contributed by atoms with Gasteiger partial charge in [-0.15, -0.1) is 0 Å². The molecule has 1 N–H and O–H groups in total. The summed E-state index contributed by atoms with van der Waals surface area (Å²) >= 11 is 0. The summed E-state index contributed by atoms with van der Waals surface area (Å²) in [6.07, 6.45) is 0. The van der Waals surface area contributed by atoms with Gasteiger partial charge < -0.3 is 10.1 Å². The van der Waals surface area contributed by atoms with Crippen LogP contribution in [-0.2, 0) is 0 Å². The first-order valence-corrected chi connectivity index (χ1v) is 7.66. The zero-order chi connectivity index (χ0) is 16.9. The maximum absolute atomic E-state index is 12.5. The molecule has 0 saturated carbocycles. The van der Waals surface area contributed by atoms with Crippen LogP contribution in [0.4, 0.5) is 5.69 Å². The minimum atomic E-state index is -0.205. The highest BCUT2D eigenvalue weighted by molar-refractivity contribution is 6.05. The van der Waals surface area contributed by atoms with E-state index in [9.17, 15) is 4.79 Å². The molecule has 24 heavy (non-hydrogen) atoms. The molecule has 4 nitrogen and oxygen atoms in total. The molecule has 0 spiro atoms. The van der Waals surface area contributed by atoms with E-state index in [1.54, 1.807) is 25.3 Å². The Bertz CT molecular complexity index is 861. The highest BCUT2D eigenvalue weighted by Gasteiger charge is 2.13. The number of para-hydroxylation sites is 2. The van der Waals surface area contributed by atoms with Crippen LogP contribution in [0.5, 0.6) is 5.75 Å². The van der Waals surface area contributed by atoms with E-state index in [1.165, 1.54) is 0 Å². The fraction of sp³-hybridized carbons (Fsp3) is 0.100. The molecule has 1 amide bonds. The topological polar surface area (TPSA) is 51.2 Å². The molecule has 0 aliphatic carbocycles. The standard InChI is InChI=1S/C20H18N2O2/c1-14-16(12-13-17(21-14)15-8-4-3-5-9-15)20(23)22-18-10-6-7-11-19(18)24-2/h3-13H,1-2H3,(H,22,23). The molecule has 0 aliphatic rings. The van der Waals surface area contributed by atoms with Gasteiger partial charge in [-0.1, -0.05) is 42.5 Å². The molecule has 1 heterocycles. The first-order valence-electron chi connectivity index (χ1n) is 7.66. The van der Waals surface area contributed by atoms with Gasteiger partial charge in [0.1, 0.15) is 5.75 Å². The van der Waals surface area contributed by atoms with E-state index in [2.05, 4.69) is 10.3 Å². The summed E-state index contributed by atoms with van der Waals surface area (Å²) in [5, 5.41) is 2.87. The SMILES string of the molecule is COc1ccccc1NC(=O)c1ccc(-c2ccccc2)nc1C. The van der Waals surface area contributed by atoms with Crippen LogP contribution in [0.25, 0.3) is 11.3 Å². The quantitative estimate of drug-likeness (QED) is 0.779. The number of methoxy groups -OCH3 is 1. The second kappa shape index (κ2) is 6.96. The second-order valence-corrected chi connectivity index (χ2v) is 5.35. The first-order chi connectivity index (χ1) is 11.7. The van der Waals surface area contributed by atoms with Crippen molar-refractivity contribution in [1.29, 1.82) is 0 Å². The smallest absolute Gasteiger partial charge is 0.257 e. The maximum Gasteiger partial charge on any atom is 0.257 e. The predicted octanol–water partition coefficient (Wildman–Crippen LogP) is 4.32. The molecule has 0 bridgehead atoms. The van der Waals surface area contributed by atoms with E-state index >= 15 is 0 Å². The molecule has 1 aromatic heterocycles. The number of carbonyl (C=O) groups excluding carboxylic acids is 1. The lowest BCUT2D eigenvalue weighted by atomic mass is 10.1. The van der Waals surface area contributed by atoms with Gasteiger partial charge in [-0.2, -0.15) is 0 Å². The third-order valence-corrected chi connectivity index (χ3v) is 3.76. The molecule has 0 saturated heterocycles. The highest BCUT2D eigenvalue weighted by atomic mass is 16.5. The third-order valence-electron chi connectivity index (χ3n) is 3.76. The van der Waals surface area contributed by atoms with Crippen molar-refractivity contribution in [3.8, 4) is 17.0 Å². The Morgan fingerprint density at radius 1 is 0.958 bits per heavy atom. The van der Waals surface area contributed by atoms with Crippen molar-refractivity contribution < 1.29 is 9.53 Å². The van der Waals surface area contributed by atoms with E-state index < -0.39 is 0 Å². The van der Waals surface area contributed by atoms with Gasteiger partial charge in [-0.3, -0.25) is 9.78 Å². The van der Waals surface area contributed by atoms with Crippen LogP contribution < -0.4 is 10.1 Å². The molecule has 0 unspecified atom stereocenters. The Morgan fingerprint density at radius 2 is 1.67 bits per heavy atom. The summed E-state index contributed by atoms with van der Waals surface area (Å²) in [5.41, 5.74) is 3.74. The summed E-state index contributed by atoms with van der Waals surface area (Å²) in [6, 6.07) is 20.9. The Balaban J connectivity index is 1.86. The van der Waals surface area contributed by atoms with Crippen LogP contribution in [0.3, 0.4) is 0 Å². The molecule has 0 fully saturated rings. The van der Waals surface area contributed by atoms with Gasteiger partial charge in [0.25, 0.3) is 5.91 Å². The normalized spacial score (nSPS) is 10.2. The number of benzene rings is 2. The van der Waals surface area contributed by atoms with Gasteiger partial charge in [0, 0.05) is 5.56 Å². The molecule has 0 aliphatic heterocycles.